The molecule has 35 heavy (non-hydrogen) atoms. The minimum atomic E-state index is -0.392. The van der Waals surface area contributed by atoms with Gasteiger partial charge in [-0.15, -0.1) is 0 Å². The maximum absolute atomic E-state index is 14.2. The largest absolute Gasteiger partial charge is 0.436 e. The minimum Gasteiger partial charge on any atom is -0.436 e. The average molecular weight is 472 g/mol. The Hall–Kier alpha value is -3.81. The lowest BCUT2D eigenvalue weighted by Crippen LogP contribution is -2.35. The summed E-state index contributed by atoms with van der Waals surface area (Å²) in [6.07, 6.45) is 1.47. The number of halogens is 1. The fourth-order valence-corrected chi connectivity index (χ4v) is 4.18. The highest BCUT2D eigenvalue weighted by atomic mass is 19.1. The van der Waals surface area contributed by atoms with Crippen LogP contribution < -0.4 is 5.32 Å². The maximum Gasteiger partial charge on any atom is 0.252 e. The number of carbonyl (C=O) groups is 1. The fraction of sp³-hybridized carbons (Fsp3) is 0.214. The van der Waals surface area contributed by atoms with Crippen molar-refractivity contribution >= 4 is 5.91 Å². The third-order valence-corrected chi connectivity index (χ3v) is 6.00. The van der Waals surface area contributed by atoms with E-state index in [1.807, 2.05) is 18.2 Å². The smallest absolute Gasteiger partial charge is 0.252 e. The number of rotatable bonds is 7. The van der Waals surface area contributed by atoms with Crippen LogP contribution in [0.3, 0.4) is 0 Å². The van der Waals surface area contributed by atoms with Gasteiger partial charge in [-0.1, -0.05) is 48.5 Å². The molecule has 0 bridgehead atoms. The molecule has 0 radical (unpaired) electrons. The van der Waals surface area contributed by atoms with E-state index in [-0.39, 0.29) is 11.8 Å². The number of oxazole rings is 1. The zero-order valence-electron chi connectivity index (χ0n) is 19.2. The molecule has 0 saturated carbocycles. The molecule has 1 saturated heterocycles. The molecule has 1 N–H and O–H groups in total. The molecule has 1 aliphatic rings. The molecule has 7 heteroatoms. The molecule has 5 rings (SSSR count). The fourth-order valence-electron chi connectivity index (χ4n) is 4.18. The Morgan fingerprint density at radius 1 is 0.943 bits per heavy atom. The summed E-state index contributed by atoms with van der Waals surface area (Å²) in [5.74, 6) is -0.0474. The van der Waals surface area contributed by atoms with E-state index in [0.717, 1.165) is 38.4 Å². The summed E-state index contributed by atoms with van der Waals surface area (Å²) in [6.45, 7) is 4.65. The number of nitrogens with one attached hydrogen (secondary N) is 1. The summed E-state index contributed by atoms with van der Waals surface area (Å²) >= 11 is 0. The quantitative estimate of drug-likeness (QED) is 0.415. The Kier molecular flexibility index (Phi) is 6.97. The first-order chi connectivity index (χ1) is 17.2. The van der Waals surface area contributed by atoms with Gasteiger partial charge >= 0.3 is 0 Å². The van der Waals surface area contributed by atoms with Gasteiger partial charge in [-0.3, -0.25) is 9.69 Å². The van der Waals surface area contributed by atoms with Gasteiger partial charge in [-0.05, 0) is 35.4 Å². The molecule has 4 aromatic rings. The van der Waals surface area contributed by atoms with Crippen LogP contribution in [0, 0.1) is 5.82 Å². The number of benzene rings is 3. The third kappa shape index (κ3) is 5.48. The number of hydrogen-bond acceptors (Lipinski definition) is 5. The Labute approximate surface area is 203 Å². The standard InChI is InChI=1S/C28H26FN3O3/c29-25-11-4-3-10-24(25)26-18-31-28(35-26)23-9-2-1-8-22(23)27(33)30-17-20-6-5-7-21(16-20)19-32-12-14-34-15-13-32/h1-11,16,18H,12-15,17,19H2,(H,30,33). The van der Waals surface area contributed by atoms with Crippen molar-refractivity contribution in [2.45, 2.75) is 13.1 Å². The predicted octanol–water partition coefficient (Wildman–Crippen LogP) is 4.91. The summed E-state index contributed by atoms with van der Waals surface area (Å²) in [4.78, 5) is 19.8. The van der Waals surface area contributed by atoms with Crippen LogP contribution in [0.1, 0.15) is 21.5 Å². The Morgan fingerprint density at radius 3 is 2.51 bits per heavy atom. The van der Waals surface area contributed by atoms with E-state index < -0.39 is 5.82 Å². The summed E-state index contributed by atoms with van der Waals surface area (Å²) in [6, 6.07) is 21.7. The monoisotopic (exact) mass is 471 g/mol. The second-order valence-corrected chi connectivity index (χ2v) is 8.45. The Morgan fingerprint density at radius 2 is 1.69 bits per heavy atom. The van der Waals surface area contributed by atoms with Gasteiger partial charge in [0.05, 0.1) is 30.5 Å². The molecular weight excluding hydrogens is 445 g/mol. The highest BCUT2D eigenvalue weighted by molar-refractivity contribution is 6.00. The lowest BCUT2D eigenvalue weighted by atomic mass is 10.1. The van der Waals surface area contributed by atoms with E-state index in [9.17, 15) is 9.18 Å². The van der Waals surface area contributed by atoms with Gasteiger partial charge in [-0.2, -0.15) is 0 Å². The average Bonchev–Trinajstić information content (AvgIpc) is 3.38. The number of nitrogens with zero attached hydrogens (tertiary/aromatic N) is 2. The van der Waals surface area contributed by atoms with Crippen molar-refractivity contribution in [3.05, 3.63) is 102 Å². The molecule has 2 heterocycles. The number of morpholine rings is 1. The lowest BCUT2D eigenvalue weighted by Gasteiger charge is -2.26. The van der Waals surface area contributed by atoms with Gasteiger partial charge in [0.15, 0.2) is 5.76 Å². The number of carbonyl (C=O) groups excluding carboxylic acids is 1. The highest BCUT2D eigenvalue weighted by Gasteiger charge is 2.18. The van der Waals surface area contributed by atoms with Crippen molar-refractivity contribution in [3.63, 3.8) is 0 Å². The van der Waals surface area contributed by atoms with Gasteiger partial charge < -0.3 is 14.5 Å². The molecule has 178 valence electrons. The molecule has 6 nitrogen and oxygen atoms in total. The zero-order chi connectivity index (χ0) is 24.0. The molecule has 0 unspecified atom stereocenters. The summed E-state index contributed by atoms with van der Waals surface area (Å²) in [5.41, 5.74) is 3.55. The maximum atomic E-state index is 14.2. The van der Waals surface area contributed by atoms with E-state index in [1.165, 1.54) is 17.8 Å². The van der Waals surface area contributed by atoms with Crippen LogP contribution in [-0.2, 0) is 17.8 Å². The van der Waals surface area contributed by atoms with Crippen molar-refractivity contribution in [2.24, 2.45) is 0 Å². The minimum absolute atomic E-state index is 0.232. The number of aromatic nitrogens is 1. The van der Waals surface area contributed by atoms with Gasteiger partial charge in [0.2, 0.25) is 5.89 Å². The van der Waals surface area contributed by atoms with Crippen molar-refractivity contribution in [3.8, 4) is 22.8 Å². The second kappa shape index (κ2) is 10.6. The Balaban J connectivity index is 1.29. The molecule has 0 spiro atoms. The SMILES string of the molecule is O=C(NCc1cccc(CN2CCOCC2)c1)c1ccccc1-c1ncc(-c2ccccc2F)o1. The molecule has 1 aromatic heterocycles. The highest BCUT2D eigenvalue weighted by Crippen LogP contribution is 2.29. The first kappa shape index (κ1) is 23.0. The van der Waals surface area contributed by atoms with Crippen LogP contribution in [0.4, 0.5) is 4.39 Å². The molecule has 1 amide bonds. The van der Waals surface area contributed by atoms with Gasteiger partial charge in [0, 0.05) is 31.7 Å². The molecule has 0 aliphatic carbocycles. The van der Waals surface area contributed by atoms with Gasteiger partial charge in [0.1, 0.15) is 5.82 Å². The first-order valence-corrected chi connectivity index (χ1v) is 11.6. The van der Waals surface area contributed by atoms with E-state index in [0.29, 0.717) is 29.0 Å². The Bertz CT molecular complexity index is 1310. The summed E-state index contributed by atoms with van der Waals surface area (Å²) in [7, 11) is 0. The van der Waals surface area contributed by atoms with E-state index in [4.69, 9.17) is 9.15 Å². The van der Waals surface area contributed by atoms with E-state index >= 15 is 0 Å². The van der Waals surface area contributed by atoms with Crippen LogP contribution in [0.15, 0.2) is 83.4 Å². The number of ether oxygens (including phenoxy) is 1. The van der Waals surface area contributed by atoms with Crippen molar-refractivity contribution < 1.29 is 18.3 Å². The first-order valence-electron chi connectivity index (χ1n) is 11.6. The summed E-state index contributed by atoms with van der Waals surface area (Å²) < 4.78 is 25.4. The van der Waals surface area contributed by atoms with Crippen LogP contribution in [0.2, 0.25) is 0 Å². The van der Waals surface area contributed by atoms with Crippen LogP contribution in [-0.4, -0.2) is 42.1 Å². The zero-order valence-corrected chi connectivity index (χ0v) is 19.2. The third-order valence-electron chi connectivity index (χ3n) is 6.00. The molecule has 1 aliphatic heterocycles. The van der Waals surface area contributed by atoms with Crippen LogP contribution >= 0.6 is 0 Å². The number of hydrogen-bond donors (Lipinski definition) is 1. The van der Waals surface area contributed by atoms with Crippen molar-refractivity contribution in [1.29, 1.82) is 0 Å². The second-order valence-electron chi connectivity index (χ2n) is 8.45. The van der Waals surface area contributed by atoms with Crippen molar-refractivity contribution in [1.82, 2.24) is 15.2 Å². The van der Waals surface area contributed by atoms with Gasteiger partial charge in [0.25, 0.3) is 5.91 Å². The van der Waals surface area contributed by atoms with Crippen molar-refractivity contribution in [2.75, 3.05) is 26.3 Å². The molecule has 0 atom stereocenters. The topological polar surface area (TPSA) is 67.6 Å². The number of amides is 1. The normalized spacial score (nSPS) is 14.1. The summed E-state index contributed by atoms with van der Waals surface area (Å²) in [5, 5.41) is 3.00. The van der Waals surface area contributed by atoms with E-state index in [2.05, 4.69) is 27.3 Å². The lowest BCUT2D eigenvalue weighted by molar-refractivity contribution is 0.0342. The predicted molar refractivity (Wildman–Crippen MR) is 131 cm³/mol. The van der Waals surface area contributed by atoms with E-state index in [1.54, 1.807) is 36.4 Å². The van der Waals surface area contributed by atoms with Crippen LogP contribution in [0.5, 0.6) is 0 Å². The molecule has 1 fully saturated rings. The molecule has 3 aromatic carbocycles. The van der Waals surface area contributed by atoms with Gasteiger partial charge in [-0.25, -0.2) is 9.37 Å². The molecular formula is C28H26FN3O3. The van der Waals surface area contributed by atoms with Crippen LogP contribution in [0.25, 0.3) is 22.8 Å².